The normalized spacial score (nSPS) is 11.0. The van der Waals surface area contributed by atoms with Crippen molar-refractivity contribution in [3.8, 4) is 16.9 Å². The Bertz CT molecular complexity index is 1300. The molecule has 3 aromatic carbocycles. The Kier molecular flexibility index (Phi) is 5.58. The second kappa shape index (κ2) is 8.48. The lowest BCUT2D eigenvalue weighted by molar-refractivity contribution is 0.102. The van der Waals surface area contributed by atoms with Gasteiger partial charge in [0, 0.05) is 10.9 Å². The molecule has 0 aliphatic carbocycles. The zero-order chi connectivity index (χ0) is 22.0. The lowest BCUT2D eigenvalue weighted by Gasteiger charge is -2.13. The molecule has 156 valence electrons. The zero-order valence-corrected chi connectivity index (χ0v) is 17.6. The third-order valence-electron chi connectivity index (χ3n) is 5.24. The van der Waals surface area contributed by atoms with Gasteiger partial charge in [0.25, 0.3) is 5.91 Å². The second-order valence-corrected chi connectivity index (χ2v) is 7.63. The van der Waals surface area contributed by atoms with Gasteiger partial charge in [-0.15, -0.1) is 0 Å². The molecule has 0 radical (unpaired) electrons. The molecule has 0 saturated heterocycles. The van der Waals surface area contributed by atoms with Crippen LogP contribution in [0.25, 0.3) is 22.1 Å². The van der Waals surface area contributed by atoms with Crippen molar-refractivity contribution in [1.82, 2.24) is 0 Å². The van der Waals surface area contributed by atoms with Crippen molar-refractivity contribution in [2.45, 2.75) is 19.8 Å². The number of carbonyl (C=O) groups excluding carboxylic acids is 1. The Hall–Kier alpha value is -3.86. The van der Waals surface area contributed by atoms with Gasteiger partial charge in [-0.05, 0) is 53.4 Å². The van der Waals surface area contributed by atoms with Gasteiger partial charge in [-0.1, -0.05) is 50.2 Å². The molecule has 1 aromatic heterocycles. The van der Waals surface area contributed by atoms with Gasteiger partial charge in [0.15, 0.2) is 0 Å². The van der Waals surface area contributed by atoms with Crippen molar-refractivity contribution >= 4 is 22.6 Å². The highest BCUT2D eigenvalue weighted by Gasteiger charge is 2.14. The molecule has 4 aromatic rings. The average Bonchev–Trinajstić information content (AvgIpc) is 2.78. The van der Waals surface area contributed by atoms with Crippen LogP contribution in [0.2, 0.25) is 0 Å². The van der Waals surface area contributed by atoms with Crippen LogP contribution in [0.5, 0.6) is 5.75 Å². The molecule has 1 heterocycles. The number of carbonyl (C=O) groups is 1. The van der Waals surface area contributed by atoms with Crippen LogP contribution in [0, 0.1) is 0 Å². The topological polar surface area (TPSA) is 68.5 Å². The largest absolute Gasteiger partial charge is 0.495 e. The third kappa shape index (κ3) is 4.21. The SMILES string of the molecule is COc1ccc(-c2cc3ccccc3oc2=O)cc1NC(=O)c1ccc(C(C)C)cc1. The monoisotopic (exact) mass is 413 g/mol. The van der Waals surface area contributed by atoms with Crippen molar-refractivity contribution in [1.29, 1.82) is 0 Å². The molecular formula is C26H23NO4. The molecule has 0 aliphatic heterocycles. The van der Waals surface area contributed by atoms with Crippen LogP contribution in [0.4, 0.5) is 5.69 Å². The minimum Gasteiger partial charge on any atom is -0.495 e. The van der Waals surface area contributed by atoms with Gasteiger partial charge in [0.2, 0.25) is 0 Å². The predicted molar refractivity (Wildman–Crippen MR) is 123 cm³/mol. The van der Waals surface area contributed by atoms with E-state index in [2.05, 4.69) is 19.2 Å². The predicted octanol–water partition coefficient (Wildman–Crippen LogP) is 5.84. The summed E-state index contributed by atoms with van der Waals surface area (Å²) in [6, 6.07) is 21.9. The van der Waals surface area contributed by atoms with E-state index in [9.17, 15) is 9.59 Å². The third-order valence-corrected chi connectivity index (χ3v) is 5.24. The van der Waals surface area contributed by atoms with Crippen LogP contribution in [0.15, 0.2) is 82.0 Å². The van der Waals surface area contributed by atoms with Crippen LogP contribution >= 0.6 is 0 Å². The number of para-hydroxylation sites is 1. The molecule has 0 bridgehead atoms. The van der Waals surface area contributed by atoms with E-state index < -0.39 is 5.63 Å². The number of methoxy groups -OCH3 is 1. The highest BCUT2D eigenvalue weighted by molar-refractivity contribution is 6.05. The lowest BCUT2D eigenvalue weighted by Crippen LogP contribution is -2.13. The summed E-state index contributed by atoms with van der Waals surface area (Å²) in [4.78, 5) is 25.4. The van der Waals surface area contributed by atoms with E-state index in [-0.39, 0.29) is 5.91 Å². The van der Waals surface area contributed by atoms with Gasteiger partial charge >= 0.3 is 5.63 Å². The molecule has 0 aliphatic rings. The summed E-state index contributed by atoms with van der Waals surface area (Å²) in [7, 11) is 1.53. The van der Waals surface area contributed by atoms with E-state index in [1.54, 1.807) is 42.5 Å². The summed E-state index contributed by atoms with van der Waals surface area (Å²) in [5.41, 5.74) is 3.32. The highest BCUT2D eigenvalue weighted by Crippen LogP contribution is 2.31. The fourth-order valence-corrected chi connectivity index (χ4v) is 3.45. The molecular weight excluding hydrogens is 390 g/mol. The molecule has 0 spiro atoms. The van der Waals surface area contributed by atoms with Crippen LogP contribution in [0.1, 0.15) is 35.7 Å². The maximum atomic E-state index is 12.8. The smallest absolute Gasteiger partial charge is 0.344 e. The van der Waals surface area contributed by atoms with Crippen LogP contribution in [0.3, 0.4) is 0 Å². The molecule has 5 heteroatoms. The summed E-state index contributed by atoms with van der Waals surface area (Å²) in [5.74, 6) is 0.639. The van der Waals surface area contributed by atoms with E-state index in [0.717, 1.165) is 5.39 Å². The Morgan fingerprint density at radius 1 is 0.968 bits per heavy atom. The van der Waals surface area contributed by atoms with E-state index in [1.165, 1.54) is 12.7 Å². The van der Waals surface area contributed by atoms with Gasteiger partial charge < -0.3 is 14.5 Å². The van der Waals surface area contributed by atoms with Crippen molar-refractivity contribution in [2.75, 3.05) is 12.4 Å². The van der Waals surface area contributed by atoms with Crippen LogP contribution in [-0.4, -0.2) is 13.0 Å². The average molecular weight is 413 g/mol. The molecule has 1 amide bonds. The van der Waals surface area contributed by atoms with E-state index >= 15 is 0 Å². The Labute approximate surface area is 180 Å². The second-order valence-electron chi connectivity index (χ2n) is 7.63. The summed E-state index contributed by atoms with van der Waals surface area (Å²) in [5, 5.41) is 3.72. The first-order chi connectivity index (χ1) is 15.0. The molecule has 0 fully saturated rings. The summed E-state index contributed by atoms with van der Waals surface area (Å²) in [6.45, 7) is 4.21. The van der Waals surface area contributed by atoms with Crippen LogP contribution < -0.4 is 15.7 Å². The number of hydrogen-bond acceptors (Lipinski definition) is 4. The van der Waals surface area contributed by atoms with Gasteiger partial charge in [-0.2, -0.15) is 0 Å². The summed E-state index contributed by atoms with van der Waals surface area (Å²) >= 11 is 0. The number of amides is 1. The van der Waals surface area contributed by atoms with Crippen molar-refractivity contribution in [3.63, 3.8) is 0 Å². The molecule has 0 atom stereocenters. The number of ether oxygens (including phenoxy) is 1. The maximum absolute atomic E-state index is 12.8. The number of anilines is 1. The molecule has 1 N–H and O–H groups in total. The number of fused-ring (bicyclic) bond motifs is 1. The number of hydrogen-bond donors (Lipinski definition) is 1. The minimum atomic E-state index is -0.439. The standard InChI is InChI=1S/C26H23NO4/c1-16(2)17-8-10-18(11-9-17)25(28)27-22-15-19(12-13-24(22)30-3)21-14-20-6-4-5-7-23(20)31-26(21)29/h4-16H,1-3H3,(H,27,28). The summed E-state index contributed by atoms with van der Waals surface area (Å²) < 4.78 is 10.9. The molecule has 4 rings (SSSR count). The van der Waals surface area contributed by atoms with Gasteiger partial charge in [-0.3, -0.25) is 4.79 Å². The summed E-state index contributed by atoms with van der Waals surface area (Å²) in [6.07, 6.45) is 0. The number of benzene rings is 3. The van der Waals surface area contributed by atoms with Crippen molar-refractivity contribution in [3.05, 3.63) is 94.3 Å². The fraction of sp³-hybridized carbons (Fsp3) is 0.154. The first-order valence-corrected chi connectivity index (χ1v) is 10.1. The van der Waals surface area contributed by atoms with E-state index in [4.69, 9.17) is 9.15 Å². The molecule has 5 nitrogen and oxygen atoms in total. The minimum absolute atomic E-state index is 0.253. The van der Waals surface area contributed by atoms with Crippen LogP contribution in [-0.2, 0) is 0 Å². The quantitative estimate of drug-likeness (QED) is 0.417. The first-order valence-electron chi connectivity index (χ1n) is 10.1. The zero-order valence-electron chi connectivity index (χ0n) is 17.6. The van der Waals surface area contributed by atoms with Gasteiger partial charge in [0.1, 0.15) is 11.3 Å². The Balaban J connectivity index is 1.69. The molecule has 0 unspecified atom stereocenters. The molecule has 0 saturated carbocycles. The Morgan fingerprint density at radius 2 is 1.71 bits per heavy atom. The van der Waals surface area contributed by atoms with Gasteiger partial charge in [-0.25, -0.2) is 4.79 Å². The molecule has 31 heavy (non-hydrogen) atoms. The number of nitrogens with one attached hydrogen (secondary N) is 1. The van der Waals surface area contributed by atoms with Gasteiger partial charge in [0.05, 0.1) is 18.4 Å². The fourth-order valence-electron chi connectivity index (χ4n) is 3.45. The first kappa shape index (κ1) is 20.4. The van der Waals surface area contributed by atoms with Crippen molar-refractivity contribution < 1.29 is 13.9 Å². The maximum Gasteiger partial charge on any atom is 0.344 e. The van der Waals surface area contributed by atoms with E-state index in [0.29, 0.717) is 39.6 Å². The highest BCUT2D eigenvalue weighted by atomic mass is 16.5. The van der Waals surface area contributed by atoms with E-state index in [1.807, 2.05) is 30.3 Å². The Morgan fingerprint density at radius 3 is 2.42 bits per heavy atom. The number of rotatable bonds is 5. The van der Waals surface area contributed by atoms with Crippen molar-refractivity contribution in [2.24, 2.45) is 0 Å². The lowest BCUT2D eigenvalue weighted by atomic mass is 10.0.